The molecule has 0 aliphatic rings. The molecule has 0 aliphatic heterocycles. The molecule has 1 N–H and O–H groups in total. The smallest absolute Gasteiger partial charge is 0.161 e. The van der Waals surface area contributed by atoms with Crippen LogP contribution < -0.4 is 0 Å². The summed E-state index contributed by atoms with van der Waals surface area (Å²) >= 11 is 1.74. The van der Waals surface area contributed by atoms with E-state index in [-0.39, 0.29) is 0 Å². The van der Waals surface area contributed by atoms with Gasteiger partial charge in [-0.1, -0.05) is 6.07 Å². The normalized spacial score (nSPS) is 9.93. The van der Waals surface area contributed by atoms with Gasteiger partial charge in [0, 0.05) is 4.88 Å². The lowest BCUT2D eigenvalue weighted by Gasteiger charge is -1.95. The molecule has 2 aromatic heterocycles. The molecule has 0 bridgehead atoms. The Morgan fingerprint density at radius 1 is 1.50 bits per heavy atom. The number of aromatic nitrogens is 2. The van der Waals surface area contributed by atoms with Gasteiger partial charge < -0.3 is 4.98 Å². The van der Waals surface area contributed by atoms with Gasteiger partial charge in [-0.3, -0.25) is 0 Å². The van der Waals surface area contributed by atoms with E-state index in [1.807, 2.05) is 6.07 Å². The van der Waals surface area contributed by atoms with Gasteiger partial charge in [0.05, 0.1) is 12.0 Å². The fourth-order valence-corrected chi connectivity index (χ4v) is 2.02. The topological polar surface area (TPSA) is 52.5 Å². The van der Waals surface area contributed by atoms with Crippen molar-refractivity contribution in [1.29, 1.82) is 5.26 Å². The van der Waals surface area contributed by atoms with Crippen molar-refractivity contribution in [2.75, 3.05) is 0 Å². The van der Waals surface area contributed by atoms with Gasteiger partial charge in [-0.05, 0) is 24.3 Å². The van der Waals surface area contributed by atoms with Crippen molar-refractivity contribution in [1.82, 2.24) is 9.97 Å². The predicted molar refractivity (Wildman–Crippen MR) is 55.0 cm³/mol. The van der Waals surface area contributed by atoms with Crippen LogP contribution >= 0.6 is 11.3 Å². The first-order valence-electron chi connectivity index (χ1n) is 4.35. The van der Waals surface area contributed by atoms with Crippen molar-refractivity contribution in [2.24, 2.45) is 0 Å². The molecule has 3 nitrogen and oxygen atoms in total. The third kappa shape index (κ3) is 1.83. The van der Waals surface area contributed by atoms with Crippen LogP contribution in [-0.4, -0.2) is 9.97 Å². The number of nitrogens with zero attached hydrogens (tertiary/aromatic N) is 2. The molecule has 4 heteroatoms. The van der Waals surface area contributed by atoms with E-state index in [0.717, 1.165) is 18.5 Å². The lowest BCUT2D eigenvalue weighted by atomic mass is 10.2. The molecule has 0 radical (unpaired) electrons. The standard InChI is InChI=1S/C10H9N3S/c11-6-10-9(12-7-13-10)4-3-8-2-1-5-14-8/h1-2,5,7H,3-4H2,(H,12,13). The zero-order valence-corrected chi connectivity index (χ0v) is 8.34. The van der Waals surface area contributed by atoms with Gasteiger partial charge in [0.2, 0.25) is 0 Å². The van der Waals surface area contributed by atoms with Crippen LogP contribution in [0.5, 0.6) is 0 Å². The summed E-state index contributed by atoms with van der Waals surface area (Å²) < 4.78 is 0. The Morgan fingerprint density at radius 2 is 2.43 bits per heavy atom. The largest absolute Gasteiger partial charge is 0.347 e. The highest BCUT2D eigenvalue weighted by Crippen LogP contribution is 2.12. The Hall–Kier alpha value is -1.60. The SMILES string of the molecule is N#Cc1nc[nH]c1CCc1cccs1. The summed E-state index contributed by atoms with van der Waals surface area (Å²) in [5.41, 5.74) is 1.45. The van der Waals surface area contributed by atoms with E-state index in [9.17, 15) is 0 Å². The summed E-state index contributed by atoms with van der Waals surface area (Å²) in [5.74, 6) is 0. The van der Waals surface area contributed by atoms with Crippen LogP contribution in [0, 0.1) is 11.3 Å². The van der Waals surface area contributed by atoms with Gasteiger partial charge in [0.15, 0.2) is 5.69 Å². The molecule has 2 aromatic rings. The van der Waals surface area contributed by atoms with Gasteiger partial charge in [-0.2, -0.15) is 5.26 Å². The molecule has 2 rings (SSSR count). The second-order valence-electron chi connectivity index (χ2n) is 2.92. The number of nitrogens with one attached hydrogen (secondary N) is 1. The predicted octanol–water partition coefficient (Wildman–Crippen LogP) is 2.13. The Balaban J connectivity index is 2.02. The first-order valence-corrected chi connectivity index (χ1v) is 5.23. The molecule has 0 fully saturated rings. The van der Waals surface area contributed by atoms with Crippen LogP contribution in [0.1, 0.15) is 16.3 Å². The van der Waals surface area contributed by atoms with Crippen LogP contribution in [0.2, 0.25) is 0 Å². The zero-order valence-electron chi connectivity index (χ0n) is 7.53. The number of thiophene rings is 1. The number of hydrogen-bond donors (Lipinski definition) is 1. The highest BCUT2D eigenvalue weighted by Gasteiger charge is 2.04. The number of nitriles is 1. The molecule has 0 atom stereocenters. The molecule has 0 spiro atoms. The summed E-state index contributed by atoms with van der Waals surface area (Å²) in [6.45, 7) is 0. The van der Waals surface area contributed by atoms with Crippen LogP contribution in [0.25, 0.3) is 0 Å². The van der Waals surface area contributed by atoms with E-state index >= 15 is 0 Å². The van der Waals surface area contributed by atoms with E-state index in [1.54, 1.807) is 17.7 Å². The summed E-state index contributed by atoms with van der Waals surface area (Å²) in [6, 6.07) is 6.21. The highest BCUT2D eigenvalue weighted by atomic mass is 32.1. The fourth-order valence-electron chi connectivity index (χ4n) is 1.31. The van der Waals surface area contributed by atoms with Gasteiger partial charge in [0.25, 0.3) is 0 Å². The molecule has 0 amide bonds. The molecule has 0 unspecified atom stereocenters. The van der Waals surface area contributed by atoms with Crippen molar-refractivity contribution in [2.45, 2.75) is 12.8 Å². The third-order valence-corrected chi connectivity index (χ3v) is 2.96. The fraction of sp³-hybridized carbons (Fsp3) is 0.200. The van der Waals surface area contributed by atoms with Crippen molar-refractivity contribution >= 4 is 11.3 Å². The minimum absolute atomic E-state index is 0.515. The van der Waals surface area contributed by atoms with Gasteiger partial charge >= 0.3 is 0 Å². The van der Waals surface area contributed by atoms with Gasteiger partial charge in [-0.15, -0.1) is 11.3 Å². The van der Waals surface area contributed by atoms with E-state index in [1.165, 1.54) is 4.88 Å². The highest BCUT2D eigenvalue weighted by molar-refractivity contribution is 7.09. The van der Waals surface area contributed by atoms with Crippen LogP contribution in [0.3, 0.4) is 0 Å². The lowest BCUT2D eigenvalue weighted by molar-refractivity contribution is 0.937. The maximum absolute atomic E-state index is 8.73. The Kier molecular flexibility index (Phi) is 2.61. The maximum Gasteiger partial charge on any atom is 0.161 e. The number of aromatic amines is 1. The molecule has 0 aromatic carbocycles. The summed E-state index contributed by atoms with van der Waals surface area (Å²) in [5, 5.41) is 10.8. The van der Waals surface area contributed by atoms with E-state index in [0.29, 0.717) is 5.69 Å². The quantitative estimate of drug-likeness (QED) is 0.830. The average molecular weight is 203 g/mol. The first kappa shape index (κ1) is 8.97. The molecule has 14 heavy (non-hydrogen) atoms. The lowest BCUT2D eigenvalue weighted by Crippen LogP contribution is -1.92. The van der Waals surface area contributed by atoms with Crippen LogP contribution in [0.15, 0.2) is 23.8 Å². The van der Waals surface area contributed by atoms with E-state index in [4.69, 9.17) is 5.26 Å². The second kappa shape index (κ2) is 4.07. The summed E-state index contributed by atoms with van der Waals surface area (Å²) in [7, 11) is 0. The molecular weight excluding hydrogens is 194 g/mol. The van der Waals surface area contributed by atoms with Crippen molar-refractivity contribution in [3.63, 3.8) is 0 Å². The third-order valence-electron chi connectivity index (χ3n) is 2.03. The number of hydrogen-bond acceptors (Lipinski definition) is 3. The van der Waals surface area contributed by atoms with Crippen LogP contribution in [-0.2, 0) is 12.8 Å². The second-order valence-corrected chi connectivity index (χ2v) is 3.95. The Bertz CT molecular complexity index is 436. The van der Waals surface area contributed by atoms with Gasteiger partial charge in [-0.25, -0.2) is 4.98 Å². The summed E-state index contributed by atoms with van der Waals surface area (Å²) in [4.78, 5) is 8.25. The number of rotatable bonds is 3. The van der Waals surface area contributed by atoms with E-state index in [2.05, 4.69) is 27.5 Å². The number of imidazole rings is 1. The molecule has 0 saturated heterocycles. The maximum atomic E-state index is 8.73. The van der Waals surface area contributed by atoms with Crippen LogP contribution in [0.4, 0.5) is 0 Å². The monoisotopic (exact) mass is 203 g/mol. The minimum atomic E-state index is 0.515. The summed E-state index contributed by atoms with van der Waals surface area (Å²) in [6.07, 6.45) is 3.39. The zero-order chi connectivity index (χ0) is 9.80. The van der Waals surface area contributed by atoms with E-state index < -0.39 is 0 Å². The Morgan fingerprint density at radius 3 is 3.14 bits per heavy atom. The van der Waals surface area contributed by atoms with Crippen molar-refractivity contribution in [3.05, 3.63) is 40.1 Å². The first-order chi connectivity index (χ1) is 6.90. The molecule has 0 aliphatic carbocycles. The number of aryl methyl sites for hydroxylation is 2. The average Bonchev–Trinajstić information content (AvgIpc) is 2.85. The van der Waals surface area contributed by atoms with Gasteiger partial charge in [0.1, 0.15) is 6.07 Å². The Labute approximate surface area is 86.0 Å². The number of H-pyrrole nitrogens is 1. The molecule has 0 saturated carbocycles. The molecule has 70 valence electrons. The van der Waals surface area contributed by atoms with Crippen molar-refractivity contribution < 1.29 is 0 Å². The van der Waals surface area contributed by atoms with Crippen molar-refractivity contribution in [3.8, 4) is 6.07 Å². The molecular formula is C10H9N3S. The minimum Gasteiger partial charge on any atom is -0.347 e. The molecule has 2 heterocycles.